The molecule has 7 heteroatoms. The summed E-state index contributed by atoms with van der Waals surface area (Å²) in [5.41, 5.74) is 1.07. The summed E-state index contributed by atoms with van der Waals surface area (Å²) in [5.74, 6) is -2.15. The molecule has 3 rings (SSSR count). The van der Waals surface area contributed by atoms with E-state index in [-0.39, 0.29) is 29.5 Å². The zero-order valence-electron chi connectivity index (χ0n) is 15.7. The maximum atomic E-state index is 13.5. The minimum absolute atomic E-state index is 0.227. The fourth-order valence-corrected chi connectivity index (χ4v) is 3.81. The minimum atomic E-state index is -0.740. The largest absolute Gasteiger partial charge is 0.466 e. The highest BCUT2D eigenvalue weighted by molar-refractivity contribution is 6.09. The average Bonchev–Trinajstić information content (AvgIpc) is 3.05. The number of esters is 1. The van der Waals surface area contributed by atoms with Crippen LogP contribution in [0.15, 0.2) is 18.2 Å². The Morgan fingerprint density at radius 3 is 2.74 bits per heavy atom. The Hall–Kier alpha value is -2.44. The molecule has 0 aliphatic carbocycles. The number of likely N-dealkylation sites (tertiary alicyclic amines) is 1. The summed E-state index contributed by atoms with van der Waals surface area (Å²) in [4.78, 5) is 40.8. The van der Waals surface area contributed by atoms with Crippen LogP contribution in [0.1, 0.15) is 31.7 Å². The van der Waals surface area contributed by atoms with E-state index in [1.807, 2.05) is 0 Å². The van der Waals surface area contributed by atoms with Crippen LogP contribution in [0.2, 0.25) is 0 Å². The van der Waals surface area contributed by atoms with E-state index in [0.29, 0.717) is 50.3 Å². The number of rotatable bonds is 4. The molecule has 6 nitrogen and oxygen atoms in total. The molecule has 0 spiro atoms. The average molecular weight is 376 g/mol. The molecule has 1 aromatic carbocycles. The molecule has 2 unspecified atom stereocenters. The Morgan fingerprint density at radius 2 is 2.04 bits per heavy atom. The highest BCUT2D eigenvalue weighted by Gasteiger charge is 2.41. The minimum Gasteiger partial charge on any atom is -0.466 e. The Balaban J connectivity index is 1.67. The van der Waals surface area contributed by atoms with E-state index in [1.165, 1.54) is 6.07 Å². The van der Waals surface area contributed by atoms with Crippen molar-refractivity contribution in [3.8, 4) is 0 Å². The summed E-state index contributed by atoms with van der Waals surface area (Å²) in [5, 5.41) is 0. The highest BCUT2D eigenvalue weighted by atomic mass is 19.1. The van der Waals surface area contributed by atoms with Gasteiger partial charge in [0.05, 0.1) is 12.5 Å². The molecule has 27 heavy (non-hydrogen) atoms. The first-order valence-corrected chi connectivity index (χ1v) is 9.45. The molecule has 0 bridgehead atoms. The van der Waals surface area contributed by atoms with Gasteiger partial charge in [-0.25, -0.2) is 4.39 Å². The smallest absolute Gasteiger partial charge is 0.310 e. The van der Waals surface area contributed by atoms with E-state index >= 15 is 0 Å². The van der Waals surface area contributed by atoms with Crippen LogP contribution in [0.3, 0.4) is 0 Å². The van der Waals surface area contributed by atoms with E-state index in [9.17, 15) is 18.8 Å². The first kappa shape index (κ1) is 19.3. The summed E-state index contributed by atoms with van der Waals surface area (Å²) in [6, 6.07) is 4.52. The number of carbonyl (C=O) groups is 3. The molecular weight excluding hydrogens is 351 g/mol. The number of amides is 2. The first-order chi connectivity index (χ1) is 12.9. The number of benzene rings is 1. The van der Waals surface area contributed by atoms with Crippen LogP contribution in [-0.2, 0) is 19.1 Å². The van der Waals surface area contributed by atoms with E-state index in [4.69, 9.17) is 4.74 Å². The molecule has 2 atom stereocenters. The lowest BCUT2D eigenvalue weighted by Crippen LogP contribution is -2.46. The quantitative estimate of drug-likeness (QED) is 0.597. The molecule has 2 heterocycles. The van der Waals surface area contributed by atoms with Gasteiger partial charge in [-0.05, 0) is 56.9 Å². The molecular formula is C20H25FN2O4. The third-order valence-electron chi connectivity index (χ3n) is 5.31. The van der Waals surface area contributed by atoms with Crippen LogP contribution >= 0.6 is 0 Å². The van der Waals surface area contributed by atoms with Crippen molar-refractivity contribution in [2.75, 3.05) is 31.1 Å². The maximum absolute atomic E-state index is 13.5. The van der Waals surface area contributed by atoms with Gasteiger partial charge < -0.3 is 14.5 Å². The number of piperidine rings is 1. The number of nitrogens with zero attached hydrogens (tertiary/aromatic N) is 2. The Labute approximate surface area is 158 Å². The Kier molecular flexibility index (Phi) is 5.77. The second-order valence-electron chi connectivity index (χ2n) is 7.14. The molecule has 146 valence electrons. The fourth-order valence-electron chi connectivity index (χ4n) is 3.81. The molecule has 2 fully saturated rings. The van der Waals surface area contributed by atoms with Gasteiger partial charge in [0.15, 0.2) is 0 Å². The van der Waals surface area contributed by atoms with Gasteiger partial charge in [0.1, 0.15) is 11.7 Å². The zero-order chi connectivity index (χ0) is 19.6. The van der Waals surface area contributed by atoms with Gasteiger partial charge in [-0.2, -0.15) is 0 Å². The summed E-state index contributed by atoms with van der Waals surface area (Å²) >= 11 is 0. The number of anilines is 1. The van der Waals surface area contributed by atoms with Crippen LogP contribution in [0.4, 0.5) is 10.1 Å². The fraction of sp³-hybridized carbons (Fsp3) is 0.550. The van der Waals surface area contributed by atoms with Crippen LogP contribution < -0.4 is 4.90 Å². The van der Waals surface area contributed by atoms with Crippen LogP contribution in [0.25, 0.3) is 0 Å². The van der Waals surface area contributed by atoms with Gasteiger partial charge in [0.25, 0.3) is 0 Å². The number of aryl methyl sites for hydroxylation is 1. The molecule has 0 saturated carbocycles. The van der Waals surface area contributed by atoms with Crippen molar-refractivity contribution in [3.05, 3.63) is 29.6 Å². The van der Waals surface area contributed by atoms with Gasteiger partial charge in [-0.3, -0.25) is 14.4 Å². The third kappa shape index (κ3) is 3.96. The van der Waals surface area contributed by atoms with Gasteiger partial charge in [-0.1, -0.05) is 0 Å². The second-order valence-corrected chi connectivity index (χ2v) is 7.14. The van der Waals surface area contributed by atoms with Gasteiger partial charge in [0.2, 0.25) is 11.8 Å². The SMILES string of the molecule is CCOC(=O)C1CCCN(C(=O)C2CCN(c3ccc(F)c(C)c3)C2=O)C1. The van der Waals surface area contributed by atoms with E-state index < -0.39 is 5.92 Å². The van der Waals surface area contributed by atoms with E-state index in [2.05, 4.69) is 0 Å². The van der Waals surface area contributed by atoms with Gasteiger partial charge >= 0.3 is 5.97 Å². The highest BCUT2D eigenvalue weighted by Crippen LogP contribution is 2.29. The molecule has 1 aromatic rings. The number of carbonyl (C=O) groups excluding carboxylic acids is 3. The van der Waals surface area contributed by atoms with Crippen LogP contribution in [-0.4, -0.2) is 48.9 Å². The van der Waals surface area contributed by atoms with Crippen molar-refractivity contribution < 1.29 is 23.5 Å². The number of hydrogen-bond acceptors (Lipinski definition) is 4. The number of halogens is 1. The zero-order valence-corrected chi connectivity index (χ0v) is 15.7. The topological polar surface area (TPSA) is 66.9 Å². The van der Waals surface area contributed by atoms with E-state index in [1.54, 1.807) is 35.8 Å². The third-order valence-corrected chi connectivity index (χ3v) is 5.31. The summed E-state index contributed by atoms with van der Waals surface area (Å²) in [6.07, 6.45) is 1.84. The lowest BCUT2D eigenvalue weighted by molar-refractivity contribution is -0.152. The van der Waals surface area contributed by atoms with Crippen molar-refractivity contribution in [3.63, 3.8) is 0 Å². The summed E-state index contributed by atoms with van der Waals surface area (Å²) in [7, 11) is 0. The Bertz CT molecular complexity index is 751. The van der Waals surface area contributed by atoms with Crippen molar-refractivity contribution >= 4 is 23.5 Å². The number of hydrogen-bond donors (Lipinski definition) is 0. The van der Waals surface area contributed by atoms with Gasteiger partial charge in [-0.15, -0.1) is 0 Å². The molecule has 0 aromatic heterocycles. The molecule has 2 aliphatic heterocycles. The summed E-state index contributed by atoms with van der Waals surface area (Å²) in [6.45, 7) is 5.00. The standard InChI is InChI=1S/C20H25FN2O4/c1-3-27-20(26)14-5-4-9-22(12-14)18(24)16-8-10-23(19(16)25)15-6-7-17(21)13(2)11-15/h6-7,11,14,16H,3-5,8-10,12H2,1-2H3. The maximum Gasteiger partial charge on any atom is 0.310 e. The molecule has 2 amide bonds. The molecule has 2 saturated heterocycles. The Morgan fingerprint density at radius 1 is 1.26 bits per heavy atom. The monoisotopic (exact) mass is 376 g/mol. The first-order valence-electron chi connectivity index (χ1n) is 9.45. The molecule has 0 N–H and O–H groups in total. The molecule has 2 aliphatic rings. The van der Waals surface area contributed by atoms with Crippen molar-refractivity contribution in [1.29, 1.82) is 0 Å². The van der Waals surface area contributed by atoms with Crippen molar-refractivity contribution in [2.24, 2.45) is 11.8 Å². The number of ether oxygens (including phenoxy) is 1. The van der Waals surface area contributed by atoms with Crippen molar-refractivity contribution in [1.82, 2.24) is 4.90 Å². The predicted molar refractivity (Wildman–Crippen MR) is 97.5 cm³/mol. The summed E-state index contributed by atoms with van der Waals surface area (Å²) < 4.78 is 18.6. The van der Waals surface area contributed by atoms with Crippen molar-refractivity contribution in [2.45, 2.75) is 33.1 Å². The predicted octanol–water partition coefficient (Wildman–Crippen LogP) is 2.29. The second kappa shape index (κ2) is 8.06. The van der Waals surface area contributed by atoms with E-state index in [0.717, 1.165) is 6.42 Å². The van der Waals surface area contributed by atoms with Crippen LogP contribution in [0.5, 0.6) is 0 Å². The molecule has 0 radical (unpaired) electrons. The lowest BCUT2D eigenvalue weighted by Gasteiger charge is -2.32. The normalized spacial score (nSPS) is 22.9. The lowest BCUT2D eigenvalue weighted by atomic mass is 9.96. The van der Waals surface area contributed by atoms with Gasteiger partial charge in [0, 0.05) is 25.3 Å². The van der Waals surface area contributed by atoms with Crippen LogP contribution in [0, 0.1) is 24.6 Å².